The van der Waals surface area contributed by atoms with Crippen LogP contribution in [0.15, 0.2) is 60.8 Å². The lowest BCUT2D eigenvalue weighted by atomic mass is 9.75. The Morgan fingerprint density at radius 1 is 0.519 bits per heavy atom. The highest BCUT2D eigenvalue weighted by molar-refractivity contribution is 5.18. The first-order valence-corrected chi connectivity index (χ1v) is 30.0. The van der Waals surface area contributed by atoms with Crippen LogP contribution in [0.2, 0.25) is 0 Å². The number of rotatable bonds is 3. The van der Waals surface area contributed by atoms with Gasteiger partial charge in [-0.1, -0.05) is 88.5 Å². The molecule has 0 saturated carbocycles. The number of hydrogen-bond donors (Lipinski definition) is 6. The molecule has 0 aliphatic carbocycles. The molecule has 9 fully saturated rings. The maximum Gasteiger partial charge on any atom is 0.174 e. The molecular formula is C60H86O19. The fraction of sp³-hybridized carbons (Fsp3) is 0.833. The van der Waals surface area contributed by atoms with E-state index < -0.39 is 134 Å². The summed E-state index contributed by atoms with van der Waals surface area (Å²) in [5, 5.41) is 65.9. The molecule has 0 aromatic heterocycles. The largest absolute Gasteiger partial charge is 0.393 e. The van der Waals surface area contributed by atoms with Gasteiger partial charge >= 0.3 is 0 Å². The summed E-state index contributed by atoms with van der Waals surface area (Å²) in [5.74, 6) is -1.19. The van der Waals surface area contributed by atoms with E-state index in [0.29, 0.717) is 57.8 Å². The van der Waals surface area contributed by atoms with Crippen molar-refractivity contribution in [1.29, 1.82) is 0 Å². The van der Waals surface area contributed by atoms with E-state index in [4.69, 9.17) is 61.6 Å². The van der Waals surface area contributed by atoms with Crippen LogP contribution >= 0.6 is 0 Å². The van der Waals surface area contributed by atoms with Gasteiger partial charge in [0.05, 0.1) is 129 Å². The van der Waals surface area contributed by atoms with E-state index in [2.05, 4.69) is 32.9 Å². The molecule has 6 N–H and O–H groups in total. The highest BCUT2D eigenvalue weighted by Gasteiger charge is 2.63. The average Bonchev–Trinajstić information content (AvgIpc) is 3.84. The van der Waals surface area contributed by atoms with Gasteiger partial charge in [0.25, 0.3) is 0 Å². The molecule has 33 unspecified atom stereocenters. The van der Waals surface area contributed by atoms with E-state index in [1.54, 1.807) is 6.08 Å². The molecule has 0 radical (unpaired) electrons. The number of ether oxygens (including phenoxy) is 13. The predicted octanol–water partition coefficient (Wildman–Crippen LogP) is 2.97. The van der Waals surface area contributed by atoms with Crippen molar-refractivity contribution in [2.75, 3.05) is 13.2 Å². The molecule has 13 aliphatic rings. The normalized spacial score (nSPS) is 56.4. The lowest BCUT2D eigenvalue weighted by molar-refractivity contribution is -0.339. The van der Waals surface area contributed by atoms with Gasteiger partial charge in [0.2, 0.25) is 0 Å². The van der Waals surface area contributed by atoms with Crippen LogP contribution in [0.1, 0.15) is 98.8 Å². The molecule has 79 heavy (non-hydrogen) atoms. The van der Waals surface area contributed by atoms with E-state index in [9.17, 15) is 30.6 Å². The van der Waals surface area contributed by atoms with E-state index in [0.717, 1.165) is 6.42 Å². The van der Waals surface area contributed by atoms with Gasteiger partial charge in [-0.25, -0.2) is 0 Å². The molecule has 0 bridgehead atoms. The lowest BCUT2D eigenvalue weighted by Gasteiger charge is -2.53. The summed E-state index contributed by atoms with van der Waals surface area (Å²) < 4.78 is 89.0. The van der Waals surface area contributed by atoms with E-state index in [1.165, 1.54) is 6.08 Å². The summed E-state index contributed by atoms with van der Waals surface area (Å²) in [6.07, 6.45) is 10.5. The Morgan fingerprint density at radius 3 is 1.91 bits per heavy atom. The summed E-state index contributed by atoms with van der Waals surface area (Å²) in [7, 11) is 0. The topological polar surface area (TPSA) is 241 Å². The SMILES string of the molecule is CC1CC2OC3C(CC2OC2CC4OC5CC=CCC6OC7C=CC8OC9C(CC8OC7C=CC6OC5CC(O)C4(C)OC2C1)OC1CC=CC(C=CC(O)CO)OC1C9O)OC1C(C)C(C)C2(CC(O)CO2)OC1C(O)C3C. The van der Waals surface area contributed by atoms with Gasteiger partial charge in [-0.2, -0.15) is 0 Å². The van der Waals surface area contributed by atoms with Crippen LogP contribution in [0.3, 0.4) is 0 Å². The summed E-state index contributed by atoms with van der Waals surface area (Å²) in [4.78, 5) is 0. The van der Waals surface area contributed by atoms with Crippen LogP contribution in [0.25, 0.3) is 0 Å². The van der Waals surface area contributed by atoms with Gasteiger partial charge in [0, 0.05) is 43.9 Å². The molecule has 0 amide bonds. The van der Waals surface area contributed by atoms with Crippen LogP contribution in [0.4, 0.5) is 0 Å². The molecule has 13 heterocycles. The maximum atomic E-state index is 12.4. The summed E-state index contributed by atoms with van der Waals surface area (Å²) in [6.45, 7) is 10.3. The smallest absolute Gasteiger partial charge is 0.174 e. The quantitative estimate of drug-likeness (QED) is 0.223. The summed E-state index contributed by atoms with van der Waals surface area (Å²) in [5.41, 5.74) is -1.04. The fourth-order valence-corrected chi connectivity index (χ4v) is 15.9. The summed E-state index contributed by atoms with van der Waals surface area (Å²) in [6, 6.07) is 0. The third kappa shape index (κ3) is 10.5. The maximum absolute atomic E-state index is 12.4. The van der Waals surface area contributed by atoms with Gasteiger partial charge in [0.15, 0.2) is 5.79 Å². The molecule has 1 spiro atoms. The number of aliphatic hydroxyl groups is 6. The van der Waals surface area contributed by atoms with Crippen molar-refractivity contribution in [1.82, 2.24) is 0 Å². The fourth-order valence-electron chi connectivity index (χ4n) is 15.9. The first-order valence-electron chi connectivity index (χ1n) is 30.0. The van der Waals surface area contributed by atoms with Crippen LogP contribution in [0.5, 0.6) is 0 Å². The van der Waals surface area contributed by atoms with E-state index >= 15 is 0 Å². The predicted molar refractivity (Wildman–Crippen MR) is 279 cm³/mol. The third-order valence-electron chi connectivity index (χ3n) is 20.6. The van der Waals surface area contributed by atoms with Crippen LogP contribution in [0, 0.1) is 23.7 Å². The molecule has 33 atom stereocenters. The molecule has 0 aromatic rings. The minimum Gasteiger partial charge on any atom is -0.393 e. The monoisotopic (exact) mass is 1110 g/mol. The Hall–Kier alpha value is -2.06. The summed E-state index contributed by atoms with van der Waals surface area (Å²) >= 11 is 0. The molecule has 13 aliphatic heterocycles. The van der Waals surface area contributed by atoms with Crippen molar-refractivity contribution in [3.05, 3.63) is 60.8 Å². The van der Waals surface area contributed by atoms with Crippen LogP contribution in [-0.2, 0) is 61.6 Å². The van der Waals surface area contributed by atoms with Crippen molar-refractivity contribution >= 4 is 0 Å². The average molecular weight is 1110 g/mol. The Morgan fingerprint density at radius 2 is 1.14 bits per heavy atom. The molecule has 440 valence electrons. The number of aliphatic hydroxyl groups excluding tert-OH is 6. The molecular weight excluding hydrogens is 1020 g/mol. The van der Waals surface area contributed by atoms with E-state index in [-0.39, 0.29) is 79.1 Å². The third-order valence-corrected chi connectivity index (χ3v) is 20.6. The minimum absolute atomic E-state index is 0.0318. The van der Waals surface area contributed by atoms with Gasteiger partial charge < -0.3 is 92.2 Å². The van der Waals surface area contributed by atoms with Crippen molar-refractivity contribution in [3.63, 3.8) is 0 Å². The molecule has 19 nitrogen and oxygen atoms in total. The standard InChI is InChI=1S/C60H86O19/c1-28-19-42-44(22-48-54(76-42)30(3)52(65)58-55(77-48)29(2)31(4)60(79-58)25-33(63)27-67-60)73-46-24-51-59(5,78-47(46)20-28)50(64)23-45-36(74-51)11-7-6-10-35-37(71-45)15-16-39-38(69-35)17-18-40-43(70-39)21-49-57(75-40)53(66)56-41(72-49)12-8-9-34(68-56)14-13-32(62)26-61/h6-9,13-18,28-58,61-66H,10-12,19-27H2,1-5H3. The van der Waals surface area contributed by atoms with Crippen molar-refractivity contribution in [3.8, 4) is 0 Å². The second-order valence-corrected chi connectivity index (χ2v) is 25.9. The first-order chi connectivity index (χ1) is 38.0. The molecule has 13 rings (SSSR count). The minimum atomic E-state index is -1.04. The van der Waals surface area contributed by atoms with Crippen molar-refractivity contribution in [2.45, 2.75) is 275 Å². The second kappa shape index (κ2) is 22.4. The van der Waals surface area contributed by atoms with Gasteiger partial charge in [-0.3, -0.25) is 0 Å². The van der Waals surface area contributed by atoms with Crippen molar-refractivity contribution in [2.24, 2.45) is 23.7 Å². The van der Waals surface area contributed by atoms with Gasteiger partial charge in [0.1, 0.15) is 54.4 Å². The zero-order valence-corrected chi connectivity index (χ0v) is 46.1. The zero-order chi connectivity index (χ0) is 54.6. The van der Waals surface area contributed by atoms with Gasteiger partial charge in [-0.05, 0) is 50.9 Å². The van der Waals surface area contributed by atoms with Gasteiger partial charge in [-0.15, -0.1) is 0 Å². The lowest BCUT2D eigenvalue weighted by Crippen LogP contribution is -2.63. The number of hydrogen-bond acceptors (Lipinski definition) is 19. The zero-order valence-electron chi connectivity index (χ0n) is 46.1. The Bertz CT molecular complexity index is 2300. The molecule has 0 aromatic carbocycles. The van der Waals surface area contributed by atoms with Crippen molar-refractivity contribution < 1.29 is 92.2 Å². The molecule has 9 saturated heterocycles. The Kier molecular flexibility index (Phi) is 15.9. The number of fused-ring (bicyclic) bond motifs is 11. The van der Waals surface area contributed by atoms with Crippen LogP contribution < -0.4 is 0 Å². The molecule has 19 heteroatoms. The Labute approximate surface area is 463 Å². The first kappa shape index (κ1) is 56.1. The second-order valence-electron chi connectivity index (χ2n) is 25.9. The highest BCUT2D eigenvalue weighted by atomic mass is 16.7. The highest BCUT2D eigenvalue weighted by Crippen LogP contribution is 2.52. The van der Waals surface area contributed by atoms with Crippen LogP contribution in [-0.4, -0.2) is 220 Å². The Balaban J connectivity index is 0.677. The van der Waals surface area contributed by atoms with E-state index in [1.807, 2.05) is 50.3 Å².